The maximum Gasteiger partial charge on any atom is 0.276 e. The summed E-state index contributed by atoms with van der Waals surface area (Å²) < 4.78 is 36.2. The number of hydrazone groups is 1. The van der Waals surface area contributed by atoms with Gasteiger partial charge < -0.3 is 9.47 Å². The number of ether oxygens (including phenoxy) is 2. The lowest BCUT2D eigenvalue weighted by Crippen LogP contribution is -2.18. The number of sulfonamides is 1. The summed E-state index contributed by atoms with van der Waals surface area (Å²) in [7, 11) is -3.74. The van der Waals surface area contributed by atoms with Gasteiger partial charge in [-0.3, -0.25) is 0 Å². The average molecular weight is 441 g/mol. The van der Waals surface area contributed by atoms with Crippen LogP contribution in [0, 0.1) is 0 Å². The Morgan fingerprint density at radius 2 is 1.88 bits per heavy atom. The first kappa shape index (κ1) is 20.3. The number of benzene rings is 2. The Balaban J connectivity index is 2.05. The highest BCUT2D eigenvalue weighted by molar-refractivity contribution is 9.10. The fourth-order valence-electron chi connectivity index (χ4n) is 2.06. The summed E-state index contributed by atoms with van der Waals surface area (Å²) >= 11 is 3.40. The first-order chi connectivity index (χ1) is 12.3. The number of hydrogen-bond acceptors (Lipinski definition) is 5. The third-order valence-corrected chi connectivity index (χ3v) is 5.01. The first-order valence-corrected chi connectivity index (χ1v) is 10.3. The number of halogens is 1. The van der Waals surface area contributed by atoms with Gasteiger partial charge in [0, 0.05) is 0 Å². The molecule has 2 aromatic carbocycles. The Labute approximate surface area is 162 Å². The topological polar surface area (TPSA) is 77.0 Å². The van der Waals surface area contributed by atoms with Crippen molar-refractivity contribution in [3.05, 3.63) is 52.5 Å². The molecule has 0 atom stereocenters. The third-order valence-electron chi connectivity index (χ3n) is 3.15. The van der Waals surface area contributed by atoms with Crippen molar-refractivity contribution in [2.75, 3.05) is 6.61 Å². The number of nitrogens with one attached hydrogen (secondary N) is 1. The second-order valence-electron chi connectivity index (χ2n) is 5.61. The molecular formula is C18H21BrN2O4S. The maximum atomic E-state index is 12.3. The molecule has 0 spiro atoms. The molecule has 0 aromatic heterocycles. The summed E-state index contributed by atoms with van der Waals surface area (Å²) in [6, 6.07) is 11.5. The van der Waals surface area contributed by atoms with E-state index in [1.165, 1.54) is 18.3 Å². The van der Waals surface area contributed by atoms with Crippen molar-refractivity contribution in [1.82, 2.24) is 4.83 Å². The van der Waals surface area contributed by atoms with E-state index in [1.54, 1.807) is 30.3 Å². The average Bonchev–Trinajstić information content (AvgIpc) is 2.57. The van der Waals surface area contributed by atoms with Gasteiger partial charge in [-0.1, -0.05) is 0 Å². The van der Waals surface area contributed by atoms with Crippen LogP contribution in [0.25, 0.3) is 0 Å². The lowest BCUT2D eigenvalue weighted by Gasteiger charge is -2.10. The molecule has 26 heavy (non-hydrogen) atoms. The molecule has 6 nitrogen and oxygen atoms in total. The first-order valence-electron chi connectivity index (χ1n) is 8.05. The number of nitrogens with zero attached hydrogens (tertiary/aromatic N) is 1. The quantitative estimate of drug-likeness (QED) is 0.497. The predicted molar refractivity (Wildman–Crippen MR) is 105 cm³/mol. The summed E-state index contributed by atoms with van der Waals surface area (Å²) in [6.45, 7) is 6.27. The van der Waals surface area contributed by atoms with E-state index >= 15 is 0 Å². The van der Waals surface area contributed by atoms with Crippen LogP contribution in [0.4, 0.5) is 0 Å². The normalized spacial score (nSPS) is 11.7. The van der Waals surface area contributed by atoms with Crippen LogP contribution in [0.5, 0.6) is 11.5 Å². The third kappa shape index (κ3) is 5.74. The molecule has 2 aromatic rings. The van der Waals surface area contributed by atoms with Crippen LogP contribution in [0.1, 0.15) is 26.3 Å². The molecule has 2 rings (SSSR count). The standard InChI is InChI=1S/C18H21BrN2O4S/c1-4-24-18-10-5-14(11-17(18)19)12-20-21-26(22,23)16-8-6-15(7-9-16)25-13(2)3/h5-13,21H,4H2,1-3H3/b20-12+. The Kier molecular flexibility index (Phi) is 7.05. The van der Waals surface area contributed by atoms with Gasteiger partial charge in [0.15, 0.2) is 0 Å². The summed E-state index contributed by atoms with van der Waals surface area (Å²) in [5.74, 6) is 1.33. The van der Waals surface area contributed by atoms with Gasteiger partial charge in [0.05, 0.1) is 28.3 Å². The van der Waals surface area contributed by atoms with Gasteiger partial charge in [-0.2, -0.15) is 13.5 Å². The van der Waals surface area contributed by atoms with Crippen LogP contribution in [0.3, 0.4) is 0 Å². The molecule has 0 aliphatic heterocycles. The molecule has 1 N–H and O–H groups in total. The van der Waals surface area contributed by atoms with Crippen LogP contribution in [-0.4, -0.2) is 27.3 Å². The zero-order chi connectivity index (χ0) is 19.2. The molecule has 8 heteroatoms. The number of hydrogen-bond donors (Lipinski definition) is 1. The summed E-state index contributed by atoms with van der Waals surface area (Å²) in [5.41, 5.74) is 0.726. The molecule has 0 saturated heterocycles. The summed E-state index contributed by atoms with van der Waals surface area (Å²) in [5, 5.41) is 3.82. The van der Waals surface area contributed by atoms with E-state index in [0.29, 0.717) is 18.1 Å². The van der Waals surface area contributed by atoms with Gasteiger partial charge in [-0.05, 0) is 84.7 Å². The molecule has 0 aliphatic carbocycles. The van der Waals surface area contributed by atoms with E-state index in [9.17, 15) is 8.42 Å². The van der Waals surface area contributed by atoms with Gasteiger partial charge >= 0.3 is 0 Å². The monoisotopic (exact) mass is 440 g/mol. The molecular weight excluding hydrogens is 420 g/mol. The molecule has 0 unspecified atom stereocenters. The van der Waals surface area contributed by atoms with E-state index in [2.05, 4.69) is 25.9 Å². The van der Waals surface area contributed by atoms with E-state index in [-0.39, 0.29) is 11.0 Å². The Hall–Kier alpha value is -2.06. The van der Waals surface area contributed by atoms with E-state index < -0.39 is 10.0 Å². The molecule has 0 saturated carbocycles. The van der Waals surface area contributed by atoms with Crippen molar-refractivity contribution in [2.45, 2.75) is 31.8 Å². The fraction of sp³-hybridized carbons (Fsp3) is 0.278. The van der Waals surface area contributed by atoms with Crippen LogP contribution >= 0.6 is 15.9 Å². The largest absolute Gasteiger partial charge is 0.493 e. The van der Waals surface area contributed by atoms with Gasteiger partial charge in [0.2, 0.25) is 0 Å². The zero-order valence-electron chi connectivity index (χ0n) is 14.8. The van der Waals surface area contributed by atoms with Gasteiger partial charge in [0.1, 0.15) is 11.5 Å². The Morgan fingerprint density at radius 1 is 1.19 bits per heavy atom. The molecule has 140 valence electrons. The minimum Gasteiger partial charge on any atom is -0.493 e. The van der Waals surface area contributed by atoms with Crippen LogP contribution in [0.15, 0.2) is 56.9 Å². The SMILES string of the molecule is CCOc1ccc(/C=N/NS(=O)(=O)c2ccc(OC(C)C)cc2)cc1Br. The van der Waals surface area contributed by atoms with Gasteiger partial charge in [0.25, 0.3) is 10.0 Å². The van der Waals surface area contributed by atoms with Crippen molar-refractivity contribution < 1.29 is 17.9 Å². The Morgan fingerprint density at radius 3 is 2.46 bits per heavy atom. The van der Waals surface area contributed by atoms with Crippen molar-refractivity contribution in [1.29, 1.82) is 0 Å². The fourth-order valence-corrected chi connectivity index (χ4v) is 3.36. The van der Waals surface area contributed by atoms with Crippen LogP contribution in [-0.2, 0) is 10.0 Å². The molecule has 0 heterocycles. The van der Waals surface area contributed by atoms with Crippen molar-refractivity contribution in [3.63, 3.8) is 0 Å². The second kappa shape index (κ2) is 9.05. The second-order valence-corrected chi connectivity index (χ2v) is 8.13. The minimum absolute atomic E-state index is 0.0219. The van der Waals surface area contributed by atoms with Crippen LogP contribution in [0.2, 0.25) is 0 Å². The lowest BCUT2D eigenvalue weighted by molar-refractivity contribution is 0.242. The highest BCUT2D eigenvalue weighted by Gasteiger charge is 2.13. The van der Waals surface area contributed by atoms with E-state index in [4.69, 9.17) is 9.47 Å². The van der Waals surface area contributed by atoms with Crippen molar-refractivity contribution in [2.24, 2.45) is 5.10 Å². The molecule has 0 amide bonds. The van der Waals surface area contributed by atoms with E-state index in [0.717, 1.165) is 10.0 Å². The van der Waals surface area contributed by atoms with Crippen LogP contribution < -0.4 is 14.3 Å². The smallest absolute Gasteiger partial charge is 0.276 e. The van der Waals surface area contributed by atoms with Gasteiger partial charge in [-0.25, -0.2) is 4.83 Å². The Bertz CT molecular complexity index is 865. The highest BCUT2D eigenvalue weighted by Crippen LogP contribution is 2.25. The molecule has 0 radical (unpaired) electrons. The minimum atomic E-state index is -3.74. The van der Waals surface area contributed by atoms with Crippen molar-refractivity contribution in [3.8, 4) is 11.5 Å². The molecule has 0 fully saturated rings. The molecule has 0 aliphatic rings. The zero-order valence-corrected chi connectivity index (χ0v) is 17.2. The van der Waals surface area contributed by atoms with Crippen molar-refractivity contribution >= 4 is 32.2 Å². The number of rotatable bonds is 8. The predicted octanol–water partition coefficient (Wildman–Crippen LogP) is 3.95. The summed E-state index contributed by atoms with van der Waals surface area (Å²) in [6.07, 6.45) is 1.45. The van der Waals surface area contributed by atoms with E-state index in [1.807, 2.05) is 20.8 Å². The molecule has 0 bridgehead atoms. The maximum absolute atomic E-state index is 12.3. The highest BCUT2D eigenvalue weighted by atomic mass is 79.9. The summed E-state index contributed by atoms with van der Waals surface area (Å²) in [4.78, 5) is 2.31. The van der Waals surface area contributed by atoms with Gasteiger partial charge in [-0.15, -0.1) is 0 Å². The lowest BCUT2D eigenvalue weighted by atomic mass is 10.2.